The molecule has 1 atom stereocenters. The number of hydrogen-bond acceptors (Lipinski definition) is 6. The van der Waals surface area contributed by atoms with Crippen molar-refractivity contribution in [1.29, 1.82) is 0 Å². The molecule has 29 heavy (non-hydrogen) atoms. The number of amides is 1. The minimum atomic E-state index is -0.0599. The molecule has 0 N–H and O–H groups in total. The van der Waals surface area contributed by atoms with Crippen LogP contribution < -0.4 is 9.64 Å². The number of methoxy groups -OCH3 is 1. The van der Waals surface area contributed by atoms with Gasteiger partial charge in [-0.1, -0.05) is 23.4 Å². The summed E-state index contributed by atoms with van der Waals surface area (Å²) in [6, 6.07) is 15.7. The normalized spacial score (nSPS) is 16.3. The predicted molar refractivity (Wildman–Crippen MR) is 110 cm³/mol. The second kappa shape index (κ2) is 7.95. The molecule has 0 bridgehead atoms. The fourth-order valence-electron chi connectivity index (χ4n) is 3.48. The third-order valence-electron chi connectivity index (χ3n) is 5.16. The van der Waals surface area contributed by atoms with E-state index in [-0.39, 0.29) is 11.8 Å². The molecular formula is C22H24N4O3. The van der Waals surface area contributed by atoms with Crippen LogP contribution in [0, 0.1) is 0 Å². The fourth-order valence-corrected chi connectivity index (χ4v) is 3.48. The van der Waals surface area contributed by atoms with Gasteiger partial charge in [-0.25, -0.2) is 0 Å². The first kappa shape index (κ1) is 19.0. The average molecular weight is 392 g/mol. The van der Waals surface area contributed by atoms with Crippen molar-refractivity contribution in [2.75, 3.05) is 32.6 Å². The Bertz CT molecular complexity index is 997. The molecule has 1 saturated heterocycles. The van der Waals surface area contributed by atoms with Gasteiger partial charge in [-0.3, -0.25) is 4.79 Å². The van der Waals surface area contributed by atoms with E-state index < -0.39 is 0 Å². The van der Waals surface area contributed by atoms with Gasteiger partial charge in [0.1, 0.15) is 5.75 Å². The van der Waals surface area contributed by atoms with Crippen molar-refractivity contribution in [3.8, 4) is 17.2 Å². The number of nitrogens with zero attached hydrogens (tertiary/aromatic N) is 4. The number of likely N-dealkylation sites (tertiary alicyclic amines) is 1. The van der Waals surface area contributed by atoms with Crippen LogP contribution in [-0.4, -0.2) is 48.7 Å². The summed E-state index contributed by atoms with van der Waals surface area (Å²) in [4.78, 5) is 20.9. The van der Waals surface area contributed by atoms with Crippen molar-refractivity contribution >= 4 is 11.6 Å². The molecular weight excluding hydrogens is 368 g/mol. The van der Waals surface area contributed by atoms with Crippen molar-refractivity contribution in [2.45, 2.75) is 18.9 Å². The summed E-state index contributed by atoms with van der Waals surface area (Å²) in [6.45, 7) is 1.15. The van der Waals surface area contributed by atoms with Crippen molar-refractivity contribution in [2.24, 2.45) is 0 Å². The number of rotatable bonds is 6. The molecule has 3 aromatic rings. The minimum absolute atomic E-state index is 0.0599. The Balaban J connectivity index is 1.46. The first-order valence-electron chi connectivity index (χ1n) is 9.55. The lowest BCUT2D eigenvalue weighted by Gasteiger charge is -2.16. The monoisotopic (exact) mass is 392 g/mol. The van der Waals surface area contributed by atoms with Gasteiger partial charge in [-0.05, 0) is 35.9 Å². The van der Waals surface area contributed by atoms with E-state index in [4.69, 9.17) is 9.26 Å². The number of ether oxygens (including phenoxy) is 1. The molecule has 1 amide bonds. The Morgan fingerprint density at radius 3 is 2.72 bits per heavy atom. The fraction of sp³-hybridized carbons (Fsp3) is 0.318. The number of anilines is 1. The highest BCUT2D eigenvalue weighted by Crippen LogP contribution is 2.30. The van der Waals surface area contributed by atoms with E-state index in [9.17, 15) is 4.79 Å². The van der Waals surface area contributed by atoms with Crippen molar-refractivity contribution in [3.05, 3.63) is 59.9 Å². The van der Waals surface area contributed by atoms with E-state index in [1.54, 1.807) is 7.11 Å². The van der Waals surface area contributed by atoms with Crippen molar-refractivity contribution in [3.63, 3.8) is 0 Å². The lowest BCUT2D eigenvalue weighted by atomic mass is 10.1. The molecule has 7 nitrogen and oxygen atoms in total. The second-order valence-electron chi connectivity index (χ2n) is 7.43. The number of hydrogen-bond donors (Lipinski definition) is 0. The largest absolute Gasteiger partial charge is 0.497 e. The maximum Gasteiger partial charge on any atom is 0.258 e. The molecule has 1 unspecified atom stereocenters. The zero-order chi connectivity index (χ0) is 20.4. The lowest BCUT2D eigenvalue weighted by Crippen LogP contribution is -2.24. The van der Waals surface area contributed by atoms with Crippen molar-refractivity contribution in [1.82, 2.24) is 15.0 Å². The van der Waals surface area contributed by atoms with Crippen LogP contribution in [0.2, 0.25) is 0 Å². The third-order valence-corrected chi connectivity index (χ3v) is 5.16. The summed E-state index contributed by atoms with van der Waals surface area (Å²) < 4.78 is 10.7. The van der Waals surface area contributed by atoms with Crippen LogP contribution in [0.25, 0.3) is 11.5 Å². The molecule has 0 aliphatic carbocycles. The lowest BCUT2D eigenvalue weighted by molar-refractivity contribution is -0.128. The van der Waals surface area contributed by atoms with Gasteiger partial charge in [0.25, 0.3) is 5.89 Å². The first-order chi connectivity index (χ1) is 14.0. The van der Waals surface area contributed by atoms with Gasteiger partial charge in [0.2, 0.25) is 5.91 Å². The van der Waals surface area contributed by atoms with Crippen LogP contribution in [-0.2, 0) is 11.3 Å². The summed E-state index contributed by atoms with van der Waals surface area (Å²) >= 11 is 0. The standard InChI is InChI=1S/C22H24N4O3/c1-25(2)18-6-4-5-16(11-18)22-23-21(24-29-22)17-12-20(27)26(14-17)13-15-7-9-19(28-3)10-8-15/h4-11,17H,12-14H2,1-3H3. The highest BCUT2D eigenvalue weighted by Gasteiger charge is 2.33. The molecule has 7 heteroatoms. The topological polar surface area (TPSA) is 71.7 Å². The molecule has 2 aromatic carbocycles. The molecule has 1 aliphatic rings. The quantitative estimate of drug-likeness (QED) is 0.641. The predicted octanol–water partition coefficient (Wildman–Crippen LogP) is 3.33. The van der Waals surface area contributed by atoms with E-state index in [0.29, 0.717) is 31.2 Å². The zero-order valence-electron chi connectivity index (χ0n) is 16.8. The van der Waals surface area contributed by atoms with Crippen LogP contribution in [0.3, 0.4) is 0 Å². The summed E-state index contributed by atoms with van der Waals surface area (Å²) in [5.41, 5.74) is 2.99. The Hall–Kier alpha value is -3.35. The number of carbonyl (C=O) groups excluding carboxylic acids is 1. The molecule has 150 valence electrons. The number of benzene rings is 2. The van der Waals surface area contributed by atoms with Crippen LogP contribution in [0.5, 0.6) is 5.75 Å². The number of carbonyl (C=O) groups is 1. The van der Waals surface area contributed by atoms with Crippen LogP contribution in [0.15, 0.2) is 53.1 Å². The molecule has 4 rings (SSSR count). The molecule has 1 aliphatic heterocycles. The molecule has 0 spiro atoms. The zero-order valence-corrected chi connectivity index (χ0v) is 16.8. The third kappa shape index (κ3) is 4.08. The second-order valence-corrected chi connectivity index (χ2v) is 7.43. The van der Waals surface area contributed by atoms with Gasteiger partial charge in [0, 0.05) is 50.8 Å². The Morgan fingerprint density at radius 1 is 1.21 bits per heavy atom. The van der Waals surface area contributed by atoms with E-state index in [0.717, 1.165) is 22.6 Å². The summed E-state index contributed by atoms with van der Waals surface area (Å²) in [5.74, 6) is 1.91. The minimum Gasteiger partial charge on any atom is -0.497 e. The van der Waals surface area contributed by atoms with E-state index >= 15 is 0 Å². The number of aromatic nitrogens is 2. The maximum absolute atomic E-state index is 12.5. The summed E-state index contributed by atoms with van der Waals surface area (Å²) in [6.07, 6.45) is 0.396. The van der Waals surface area contributed by atoms with Gasteiger partial charge in [0.05, 0.1) is 7.11 Å². The highest BCUT2D eigenvalue weighted by molar-refractivity contribution is 5.79. The van der Waals surface area contributed by atoms with Gasteiger partial charge >= 0.3 is 0 Å². The Labute approximate surface area is 169 Å². The summed E-state index contributed by atoms with van der Waals surface area (Å²) in [5, 5.41) is 4.15. The SMILES string of the molecule is COc1ccc(CN2CC(c3noc(-c4cccc(N(C)C)c4)n3)CC2=O)cc1. The van der Waals surface area contributed by atoms with Crippen molar-refractivity contribution < 1.29 is 14.1 Å². The van der Waals surface area contributed by atoms with E-state index in [1.807, 2.05) is 72.4 Å². The van der Waals surface area contributed by atoms with Gasteiger partial charge in [-0.15, -0.1) is 0 Å². The molecule has 0 saturated carbocycles. The van der Waals surface area contributed by atoms with E-state index in [1.165, 1.54) is 0 Å². The van der Waals surface area contributed by atoms with Gasteiger partial charge in [-0.2, -0.15) is 4.98 Å². The van der Waals surface area contributed by atoms with Gasteiger partial charge < -0.3 is 19.1 Å². The highest BCUT2D eigenvalue weighted by atomic mass is 16.5. The maximum atomic E-state index is 12.5. The molecule has 1 aromatic heterocycles. The Morgan fingerprint density at radius 2 is 2.00 bits per heavy atom. The molecule has 1 fully saturated rings. The van der Waals surface area contributed by atoms with Crippen LogP contribution >= 0.6 is 0 Å². The molecule has 0 radical (unpaired) electrons. The smallest absolute Gasteiger partial charge is 0.258 e. The Kier molecular flexibility index (Phi) is 5.20. The van der Waals surface area contributed by atoms with Crippen LogP contribution in [0.1, 0.15) is 23.7 Å². The first-order valence-corrected chi connectivity index (χ1v) is 9.55. The van der Waals surface area contributed by atoms with Crippen LogP contribution in [0.4, 0.5) is 5.69 Å². The van der Waals surface area contributed by atoms with E-state index in [2.05, 4.69) is 10.1 Å². The summed E-state index contributed by atoms with van der Waals surface area (Å²) in [7, 11) is 5.61. The molecule has 2 heterocycles. The average Bonchev–Trinajstić information content (AvgIpc) is 3.36. The van der Waals surface area contributed by atoms with Gasteiger partial charge in [0.15, 0.2) is 5.82 Å².